The van der Waals surface area contributed by atoms with Crippen LogP contribution in [-0.4, -0.2) is 63.2 Å². The van der Waals surface area contributed by atoms with E-state index in [1.165, 1.54) is 53.0 Å². The van der Waals surface area contributed by atoms with Crippen molar-refractivity contribution in [2.75, 3.05) is 33.5 Å². The lowest BCUT2D eigenvalue weighted by atomic mass is 9.76. The van der Waals surface area contributed by atoms with Gasteiger partial charge in [0.2, 0.25) is 0 Å². The highest BCUT2D eigenvalue weighted by Crippen LogP contribution is 2.33. The second-order valence-electron chi connectivity index (χ2n) is 6.55. The minimum atomic E-state index is -1.93. The fourth-order valence-electron chi connectivity index (χ4n) is 3.23. The van der Waals surface area contributed by atoms with Crippen molar-refractivity contribution in [1.29, 1.82) is 0 Å². The van der Waals surface area contributed by atoms with Gasteiger partial charge in [-0.05, 0) is 39.8 Å². The van der Waals surface area contributed by atoms with Crippen molar-refractivity contribution >= 4 is 29.7 Å². The summed E-state index contributed by atoms with van der Waals surface area (Å²) < 4.78 is 25.2. The first kappa shape index (κ1) is 27.6. The summed E-state index contributed by atoms with van der Waals surface area (Å²) in [6.45, 7) is 5.55. The Morgan fingerprint density at radius 2 is 1.03 bits per heavy atom. The molecular weight excluding hydrogens is 436 g/mol. The molecule has 1 rings (SSSR count). The molecule has 10 nitrogen and oxygen atoms in total. The van der Waals surface area contributed by atoms with Gasteiger partial charge in [-0.1, -0.05) is 12.1 Å². The molecule has 0 atom stereocenters. The van der Waals surface area contributed by atoms with Gasteiger partial charge in [0, 0.05) is 0 Å². The highest BCUT2D eigenvalue weighted by Gasteiger charge is 2.53. The minimum Gasteiger partial charge on any atom is -0.496 e. The molecule has 1 aromatic rings. The van der Waals surface area contributed by atoms with E-state index in [1.807, 2.05) is 0 Å². The monoisotopic (exact) mass is 466 g/mol. The van der Waals surface area contributed by atoms with E-state index < -0.39 is 47.4 Å². The molecule has 10 heteroatoms. The second-order valence-corrected chi connectivity index (χ2v) is 6.55. The topological polar surface area (TPSA) is 132 Å². The molecule has 0 fully saturated rings. The van der Waals surface area contributed by atoms with E-state index in [2.05, 4.69) is 0 Å². The molecular formula is C23H30O10. The largest absolute Gasteiger partial charge is 0.496 e. The fraction of sp³-hybridized carbons (Fsp3) is 0.522. The second kappa shape index (κ2) is 13.9. The number of benzene rings is 1. The zero-order chi connectivity index (χ0) is 25.0. The summed E-state index contributed by atoms with van der Waals surface area (Å²) in [4.78, 5) is 65.1. The summed E-state index contributed by atoms with van der Waals surface area (Å²) in [5.41, 5.74) is -0.0535. The third kappa shape index (κ3) is 7.03. The molecule has 33 heavy (non-hydrogen) atoms. The number of Topliss-reactive ketones (excluding diaryl/α,β-unsaturated/α-hetero) is 1. The molecule has 0 bridgehead atoms. The molecule has 0 aliphatic carbocycles. The first-order valence-electron chi connectivity index (χ1n) is 10.6. The molecule has 1 aromatic carbocycles. The first-order chi connectivity index (χ1) is 15.8. The number of rotatable bonds is 13. The van der Waals surface area contributed by atoms with Crippen molar-refractivity contribution < 1.29 is 47.7 Å². The third-order valence-electron chi connectivity index (χ3n) is 4.56. The minimum absolute atomic E-state index is 0.0535. The number of esters is 4. The summed E-state index contributed by atoms with van der Waals surface area (Å²) in [6, 6.07) is 6.00. The number of ether oxygens (including phenoxy) is 5. The molecule has 0 aromatic heterocycles. The van der Waals surface area contributed by atoms with Crippen LogP contribution in [-0.2, 0) is 38.1 Å². The van der Waals surface area contributed by atoms with Gasteiger partial charge in [-0.25, -0.2) is 0 Å². The molecule has 0 heterocycles. The predicted molar refractivity (Wildman–Crippen MR) is 114 cm³/mol. The van der Waals surface area contributed by atoms with Gasteiger partial charge in [-0.3, -0.25) is 24.0 Å². The molecule has 182 valence electrons. The predicted octanol–water partition coefficient (Wildman–Crippen LogP) is 1.98. The van der Waals surface area contributed by atoms with E-state index in [0.29, 0.717) is 0 Å². The van der Waals surface area contributed by atoms with Gasteiger partial charge in [0.1, 0.15) is 5.75 Å². The summed E-state index contributed by atoms with van der Waals surface area (Å²) >= 11 is 0. The van der Waals surface area contributed by atoms with Crippen LogP contribution >= 0.6 is 0 Å². The Labute approximate surface area is 192 Å². The van der Waals surface area contributed by atoms with Gasteiger partial charge >= 0.3 is 23.9 Å². The van der Waals surface area contributed by atoms with Crippen molar-refractivity contribution in [1.82, 2.24) is 0 Å². The maximum absolute atomic E-state index is 13.7. The lowest BCUT2D eigenvalue weighted by molar-refractivity contribution is -0.170. The van der Waals surface area contributed by atoms with Crippen LogP contribution in [0, 0.1) is 17.8 Å². The SMILES string of the molecule is CCOC(=O)C(C(=O)OCC)C(C(=O)c1ccccc1OC)C(C(=O)OCC)C(=O)OCC. The van der Waals surface area contributed by atoms with E-state index in [-0.39, 0.29) is 37.7 Å². The van der Waals surface area contributed by atoms with E-state index in [0.717, 1.165) is 0 Å². The number of carbonyl (C=O) groups is 5. The molecule has 0 aliphatic heterocycles. The molecule has 0 saturated heterocycles. The first-order valence-corrected chi connectivity index (χ1v) is 10.6. The molecule has 0 radical (unpaired) electrons. The Morgan fingerprint density at radius 1 is 0.667 bits per heavy atom. The average molecular weight is 466 g/mol. The molecule has 0 saturated carbocycles. The number of hydrogen-bond acceptors (Lipinski definition) is 10. The standard InChI is InChI=1S/C23H30O10/c1-6-30-20(25)17(21(26)31-7-2)16(18(22(27)32-8-3)23(28)33-9-4)19(24)14-12-10-11-13-15(14)29-5/h10-13,16-18H,6-9H2,1-5H3. The van der Waals surface area contributed by atoms with Gasteiger partial charge in [-0.15, -0.1) is 0 Å². The van der Waals surface area contributed by atoms with Crippen LogP contribution in [0.4, 0.5) is 0 Å². The van der Waals surface area contributed by atoms with E-state index >= 15 is 0 Å². The van der Waals surface area contributed by atoms with Crippen molar-refractivity contribution in [2.24, 2.45) is 17.8 Å². The van der Waals surface area contributed by atoms with Gasteiger partial charge in [-0.2, -0.15) is 0 Å². The van der Waals surface area contributed by atoms with Gasteiger partial charge in [0.15, 0.2) is 17.6 Å². The Morgan fingerprint density at radius 3 is 1.36 bits per heavy atom. The summed E-state index contributed by atoms with van der Waals surface area (Å²) in [6.07, 6.45) is 0. The van der Waals surface area contributed by atoms with Gasteiger partial charge in [0.25, 0.3) is 0 Å². The van der Waals surface area contributed by atoms with Crippen LogP contribution in [0.3, 0.4) is 0 Å². The summed E-state index contributed by atoms with van der Waals surface area (Å²) in [5, 5.41) is 0. The molecule has 0 amide bonds. The van der Waals surface area contributed by atoms with Crippen LogP contribution in [0.2, 0.25) is 0 Å². The molecule has 0 aliphatic rings. The quantitative estimate of drug-likeness (QED) is 0.184. The van der Waals surface area contributed by atoms with E-state index in [4.69, 9.17) is 23.7 Å². The number of para-hydroxylation sites is 1. The zero-order valence-corrected chi connectivity index (χ0v) is 19.5. The lowest BCUT2D eigenvalue weighted by Crippen LogP contribution is -2.48. The number of carbonyl (C=O) groups excluding carboxylic acids is 5. The normalized spacial score (nSPS) is 10.7. The Balaban J connectivity index is 3.82. The Kier molecular flexibility index (Phi) is 11.6. The third-order valence-corrected chi connectivity index (χ3v) is 4.56. The van der Waals surface area contributed by atoms with Crippen LogP contribution in [0.1, 0.15) is 38.1 Å². The maximum atomic E-state index is 13.7. The van der Waals surface area contributed by atoms with E-state index in [9.17, 15) is 24.0 Å². The molecule has 0 unspecified atom stereocenters. The van der Waals surface area contributed by atoms with Crippen molar-refractivity contribution in [3.05, 3.63) is 29.8 Å². The molecule has 0 spiro atoms. The summed E-state index contributed by atoms with van der Waals surface area (Å²) in [7, 11) is 1.32. The van der Waals surface area contributed by atoms with Crippen LogP contribution in [0.15, 0.2) is 24.3 Å². The zero-order valence-electron chi connectivity index (χ0n) is 19.5. The smallest absolute Gasteiger partial charge is 0.321 e. The highest BCUT2D eigenvalue weighted by atomic mass is 16.6. The van der Waals surface area contributed by atoms with Crippen molar-refractivity contribution in [3.63, 3.8) is 0 Å². The Bertz CT molecular complexity index is 771. The summed E-state index contributed by atoms with van der Waals surface area (Å²) in [5.74, 6) is -11.0. The number of ketones is 1. The van der Waals surface area contributed by atoms with Crippen LogP contribution in [0.5, 0.6) is 5.75 Å². The molecule has 0 N–H and O–H groups in total. The van der Waals surface area contributed by atoms with E-state index in [1.54, 1.807) is 6.07 Å². The van der Waals surface area contributed by atoms with Crippen molar-refractivity contribution in [2.45, 2.75) is 27.7 Å². The van der Waals surface area contributed by atoms with Crippen molar-refractivity contribution in [3.8, 4) is 5.75 Å². The Hall–Kier alpha value is -3.43. The lowest BCUT2D eigenvalue weighted by Gasteiger charge is -2.28. The van der Waals surface area contributed by atoms with Gasteiger partial charge in [0.05, 0.1) is 45.0 Å². The van der Waals surface area contributed by atoms with Crippen LogP contribution in [0.25, 0.3) is 0 Å². The average Bonchev–Trinajstić information content (AvgIpc) is 2.78. The fourth-order valence-corrected chi connectivity index (χ4v) is 3.23. The highest BCUT2D eigenvalue weighted by molar-refractivity contribution is 6.12. The number of hydrogen-bond donors (Lipinski definition) is 0. The van der Waals surface area contributed by atoms with Gasteiger partial charge < -0.3 is 23.7 Å². The maximum Gasteiger partial charge on any atom is 0.321 e. The number of methoxy groups -OCH3 is 1. The van der Waals surface area contributed by atoms with Crippen LogP contribution < -0.4 is 4.74 Å².